The fraction of sp³-hybridized carbons (Fsp3) is 0.400. The van der Waals surface area contributed by atoms with Crippen molar-refractivity contribution in [1.82, 2.24) is 20.0 Å². The van der Waals surface area contributed by atoms with E-state index in [0.29, 0.717) is 19.0 Å². The van der Waals surface area contributed by atoms with Crippen molar-refractivity contribution >= 4 is 5.91 Å². The summed E-state index contributed by atoms with van der Waals surface area (Å²) in [4.78, 5) is 16.5. The normalized spacial score (nSPS) is 18.0. The Morgan fingerprint density at radius 1 is 1.18 bits per heavy atom. The van der Waals surface area contributed by atoms with Crippen molar-refractivity contribution in [2.24, 2.45) is 0 Å². The Balaban J connectivity index is 1.12. The number of aromatic nitrogens is 2. The van der Waals surface area contributed by atoms with E-state index in [1.165, 1.54) is 5.56 Å². The predicted molar refractivity (Wildman–Crippen MR) is 122 cm³/mol. The zero-order valence-corrected chi connectivity index (χ0v) is 18.9. The van der Waals surface area contributed by atoms with Crippen molar-refractivity contribution in [1.29, 1.82) is 0 Å². The molecule has 0 aliphatic carbocycles. The van der Waals surface area contributed by atoms with Crippen molar-refractivity contribution in [2.75, 3.05) is 26.2 Å². The van der Waals surface area contributed by atoms with Gasteiger partial charge in [-0.3, -0.25) is 9.69 Å². The second-order valence-electron chi connectivity index (χ2n) is 9.05. The first-order chi connectivity index (χ1) is 15.9. The SMILES string of the molecule is CCC1(O)CN(Cc2ccc(OC3CN(C(=O)c4nnc(-c5ccccc5)o4)C3)c(C)c2)C1. The molecule has 172 valence electrons. The summed E-state index contributed by atoms with van der Waals surface area (Å²) >= 11 is 0. The highest BCUT2D eigenvalue weighted by atomic mass is 16.5. The minimum absolute atomic E-state index is 0.00574. The van der Waals surface area contributed by atoms with Crippen LogP contribution in [0.5, 0.6) is 5.75 Å². The quantitative estimate of drug-likeness (QED) is 0.594. The highest BCUT2D eigenvalue weighted by Crippen LogP contribution is 2.28. The van der Waals surface area contributed by atoms with Gasteiger partial charge in [0.15, 0.2) is 0 Å². The third-order valence-corrected chi connectivity index (χ3v) is 6.40. The van der Waals surface area contributed by atoms with E-state index in [-0.39, 0.29) is 17.9 Å². The Morgan fingerprint density at radius 2 is 1.94 bits per heavy atom. The van der Waals surface area contributed by atoms with Crippen LogP contribution in [0.2, 0.25) is 0 Å². The van der Waals surface area contributed by atoms with Crippen molar-refractivity contribution in [2.45, 2.75) is 38.5 Å². The molecule has 0 saturated carbocycles. The average molecular weight is 449 g/mol. The lowest BCUT2D eigenvalue weighted by atomic mass is 9.91. The molecule has 0 bridgehead atoms. The van der Waals surface area contributed by atoms with Gasteiger partial charge in [0.2, 0.25) is 5.89 Å². The topological polar surface area (TPSA) is 91.9 Å². The van der Waals surface area contributed by atoms with Crippen molar-refractivity contribution in [3.63, 3.8) is 0 Å². The number of nitrogens with zero attached hydrogens (tertiary/aromatic N) is 4. The monoisotopic (exact) mass is 448 g/mol. The number of carbonyl (C=O) groups excluding carboxylic acids is 1. The molecule has 1 aromatic heterocycles. The molecular formula is C25H28N4O4. The highest BCUT2D eigenvalue weighted by molar-refractivity contribution is 5.90. The minimum Gasteiger partial charge on any atom is -0.486 e. The van der Waals surface area contributed by atoms with Gasteiger partial charge in [0, 0.05) is 25.2 Å². The lowest BCUT2D eigenvalue weighted by Crippen LogP contribution is -2.60. The summed E-state index contributed by atoms with van der Waals surface area (Å²) in [5.41, 5.74) is 2.53. The lowest BCUT2D eigenvalue weighted by molar-refractivity contribution is -0.103. The molecule has 3 heterocycles. The molecule has 0 unspecified atom stereocenters. The second kappa shape index (κ2) is 8.61. The van der Waals surface area contributed by atoms with E-state index in [2.05, 4.69) is 27.2 Å². The van der Waals surface area contributed by atoms with Crippen LogP contribution in [0.3, 0.4) is 0 Å². The molecule has 0 radical (unpaired) electrons. The summed E-state index contributed by atoms with van der Waals surface area (Å²) in [5, 5.41) is 18.1. The molecule has 5 rings (SSSR count). The Bertz CT molecular complexity index is 1130. The van der Waals surface area contributed by atoms with E-state index >= 15 is 0 Å². The number of hydrogen-bond acceptors (Lipinski definition) is 7. The average Bonchev–Trinajstić information content (AvgIpc) is 3.26. The second-order valence-corrected chi connectivity index (χ2v) is 9.05. The highest BCUT2D eigenvalue weighted by Gasteiger charge is 2.39. The lowest BCUT2D eigenvalue weighted by Gasteiger charge is -2.46. The third kappa shape index (κ3) is 4.49. The predicted octanol–water partition coefficient (Wildman–Crippen LogP) is 2.91. The Morgan fingerprint density at radius 3 is 2.64 bits per heavy atom. The summed E-state index contributed by atoms with van der Waals surface area (Å²) in [5.74, 6) is 0.876. The van der Waals surface area contributed by atoms with Gasteiger partial charge in [-0.1, -0.05) is 37.3 Å². The molecule has 3 aromatic rings. The van der Waals surface area contributed by atoms with Gasteiger partial charge in [0.1, 0.15) is 11.9 Å². The fourth-order valence-corrected chi connectivity index (χ4v) is 4.32. The van der Waals surface area contributed by atoms with Crippen LogP contribution >= 0.6 is 0 Å². The number of benzene rings is 2. The van der Waals surface area contributed by atoms with Crippen LogP contribution in [-0.2, 0) is 6.54 Å². The van der Waals surface area contributed by atoms with Gasteiger partial charge in [-0.15, -0.1) is 10.2 Å². The van der Waals surface area contributed by atoms with E-state index in [0.717, 1.165) is 42.9 Å². The van der Waals surface area contributed by atoms with Crippen LogP contribution in [0.25, 0.3) is 11.5 Å². The maximum atomic E-state index is 12.6. The number of ether oxygens (including phenoxy) is 1. The Hall–Kier alpha value is -3.23. The van der Waals surface area contributed by atoms with Crippen LogP contribution in [0, 0.1) is 6.92 Å². The van der Waals surface area contributed by atoms with Crippen LogP contribution in [0.1, 0.15) is 35.2 Å². The Labute approximate surface area is 192 Å². The summed E-state index contributed by atoms with van der Waals surface area (Å²) in [6.07, 6.45) is 0.724. The van der Waals surface area contributed by atoms with E-state index < -0.39 is 5.60 Å². The maximum absolute atomic E-state index is 12.6. The molecule has 2 fully saturated rings. The van der Waals surface area contributed by atoms with Gasteiger partial charge in [0.25, 0.3) is 0 Å². The number of rotatable bonds is 7. The molecule has 1 N–H and O–H groups in total. The van der Waals surface area contributed by atoms with Crippen LogP contribution in [0.15, 0.2) is 52.9 Å². The standard InChI is InChI=1S/C25H28N4O4/c1-3-25(31)15-28(16-25)12-18-9-10-21(17(2)11-18)32-20-13-29(14-20)24(30)23-27-26-22(33-23)19-7-5-4-6-8-19/h4-11,20,31H,3,12-16H2,1-2H3. The van der Waals surface area contributed by atoms with Gasteiger partial charge in [-0.05, 0) is 42.7 Å². The van der Waals surface area contributed by atoms with Crippen molar-refractivity contribution < 1.29 is 19.1 Å². The first-order valence-corrected chi connectivity index (χ1v) is 11.3. The molecule has 33 heavy (non-hydrogen) atoms. The number of aliphatic hydroxyl groups is 1. The summed E-state index contributed by atoms with van der Waals surface area (Å²) < 4.78 is 11.7. The molecule has 1 amide bonds. The molecule has 8 nitrogen and oxygen atoms in total. The number of amides is 1. The molecule has 0 spiro atoms. The molecule has 2 aromatic carbocycles. The number of carbonyl (C=O) groups is 1. The Kier molecular flexibility index (Phi) is 5.64. The van der Waals surface area contributed by atoms with Crippen LogP contribution < -0.4 is 4.74 Å². The van der Waals surface area contributed by atoms with E-state index in [1.807, 2.05) is 50.2 Å². The van der Waals surface area contributed by atoms with Crippen molar-refractivity contribution in [3.05, 3.63) is 65.5 Å². The van der Waals surface area contributed by atoms with Gasteiger partial charge < -0.3 is 19.2 Å². The molecule has 2 aliphatic heterocycles. The molecule has 0 atom stereocenters. The summed E-state index contributed by atoms with van der Waals surface area (Å²) in [7, 11) is 0. The van der Waals surface area contributed by atoms with Crippen LogP contribution in [-0.4, -0.2) is 68.9 Å². The first kappa shape index (κ1) is 21.6. The summed E-state index contributed by atoms with van der Waals surface area (Å²) in [6, 6.07) is 15.6. The smallest absolute Gasteiger partial charge is 0.311 e. The van der Waals surface area contributed by atoms with Gasteiger partial charge in [-0.25, -0.2) is 0 Å². The zero-order chi connectivity index (χ0) is 23.0. The van der Waals surface area contributed by atoms with E-state index in [4.69, 9.17) is 9.15 Å². The first-order valence-electron chi connectivity index (χ1n) is 11.3. The van der Waals surface area contributed by atoms with E-state index in [9.17, 15) is 9.90 Å². The van der Waals surface area contributed by atoms with Crippen LogP contribution in [0.4, 0.5) is 0 Å². The van der Waals surface area contributed by atoms with E-state index in [1.54, 1.807) is 4.90 Å². The zero-order valence-electron chi connectivity index (χ0n) is 18.9. The van der Waals surface area contributed by atoms with Gasteiger partial charge >= 0.3 is 11.8 Å². The minimum atomic E-state index is -0.518. The number of aryl methyl sites for hydroxylation is 1. The molecule has 8 heteroatoms. The van der Waals surface area contributed by atoms with Gasteiger partial charge in [0.05, 0.1) is 18.7 Å². The molecular weight excluding hydrogens is 420 g/mol. The van der Waals surface area contributed by atoms with Crippen molar-refractivity contribution in [3.8, 4) is 17.2 Å². The largest absolute Gasteiger partial charge is 0.486 e. The van der Waals surface area contributed by atoms with Gasteiger partial charge in [-0.2, -0.15) is 0 Å². The molecule has 2 saturated heterocycles. The maximum Gasteiger partial charge on any atom is 0.311 e. The fourth-order valence-electron chi connectivity index (χ4n) is 4.32. The third-order valence-electron chi connectivity index (χ3n) is 6.40. The number of hydrogen-bond donors (Lipinski definition) is 1. The summed E-state index contributed by atoms with van der Waals surface area (Å²) in [6.45, 7) is 7.28. The molecule has 2 aliphatic rings. The number of β-amino-alcohol motifs (C(OH)–C–C–N with tert-alkyl or cyclic N) is 1. The number of likely N-dealkylation sites (tertiary alicyclic amines) is 2.